The Balaban J connectivity index is 1.39. The van der Waals surface area contributed by atoms with E-state index in [2.05, 4.69) is 35.2 Å². The molecule has 150 valence electrons. The van der Waals surface area contributed by atoms with Crippen LogP contribution in [0.4, 0.5) is 5.69 Å². The number of hydrogen-bond donors (Lipinski definition) is 1. The Morgan fingerprint density at radius 1 is 0.966 bits per heavy atom. The summed E-state index contributed by atoms with van der Waals surface area (Å²) < 4.78 is 27.1. The van der Waals surface area contributed by atoms with E-state index in [1.54, 1.807) is 12.1 Å². The fraction of sp³-hybridized carbons (Fsp3) is 0.304. The van der Waals surface area contributed by atoms with Gasteiger partial charge >= 0.3 is 0 Å². The van der Waals surface area contributed by atoms with E-state index in [1.807, 2.05) is 30.3 Å². The zero-order valence-corrected chi connectivity index (χ0v) is 16.9. The molecule has 0 radical (unpaired) electrons. The van der Waals surface area contributed by atoms with Crippen molar-refractivity contribution in [1.82, 2.24) is 4.90 Å². The van der Waals surface area contributed by atoms with E-state index in [9.17, 15) is 13.5 Å². The predicted molar refractivity (Wildman–Crippen MR) is 115 cm³/mol. The number of fused-ring (bicyclic) bond motifs is 1. The number of anilines is 1. The Morgan fingerprint density at radius 3 is 2.48 bits per heavy atom. The molecule has 0 aromatic heterocycles. The minimum Gasteiger partial charge on any atom is -0.389 e. The summed E-state index contributed by atoms with van der Waals surface area (Å²) >= 11 is 0. The Bertz CT molecular complexity index is 1150. The molecule has 0 aliphatic carbocycles. The molecule has 2 atom stereocenters. The lowest BCUT2D eigenvalue weighted by Crippen LogP contribution is -2.47. The van der Waals surface area contributed by atoms with E-state index in [0.29, 0.717) is 31.7 Å². The number of benzene rings is 3. The van der Waals surface area contributed by atoms with Crippen LogP contribution in [0, 0.1) is 0 Å². The van der Waals surface area contributed by atoms with Gasteiger partial charge in [0.25, 0.3) is 0 Å². The molecular formula is C23H24N2O3S. The molecule has 0 saturated carbocycles. The topological polar surface area (TPSA) is 60.9 Å². The van der Waals surface area contributed by atoms with Crippen LogP contribution in [-0.4, -0.2) is 48.9 Å². The first-order valence-electron chi connectivity index (χ1n) is 9.95. The third-order valence-corrected chi connectivity index (χ3v) is 8.93. The third-order valence-electron chi connectivity index (χ3n) is 6.36. The highest BCUT2D eigenvalue weighted by Crippen LogP contribution is 2.43. The van der Waals surface area contributed by atoms with E-state index in [1.165, 1.54) is 15.1 Å². The van der Waals surface area contributed by atoms with Crippen molar-refractivity contribution >= 4 is 26.5 Å². The monoisotopic (exact) mass is 408 g/mol. The van der Waals surface area contributed by atoms with Crippen LogP contribution >= 0.6 is 0 Å². The maximum Gasteiger partial charge on any atom is 0.244 e. The minimum atomic E-state index is -3.65. The molecule has 5 nitrogen and oxygen atoms in total. The molecule has 5 rings (SSSR count). The highest BCUT2D eigenvalue weighted by atomic mass is 32.2. The SMILES string of the molecule is O=S1(=O)N(c2ccccc2)C[C@H](O)[C@]12CCN(Cc1ccc3ccccc3c1)C2. The molecule has 3 aromatic rings. The van der Waals surface area contributed by atoms with Crippen LogP contribution in [0.15, 0.2) is 72.8 Å². The fourth-order valence-electron chi connectivity index (χ4n) is 4.75. The predicted octanol–water partition coefficient (Wildman–Crippen LogP) is 3.00. The molecule has 1 N–H and O–H groups in total. The number of likely N-dealkylation sites (tertiary alicyclic amines) is 1. The van der Waals surface area contributed by atoms with Crippen molar-refractivity contribution in [2.75, 3.05) is 23.9 Å². The molecule has 2 aliphatic rings. The number of hydrogen-bond acceptors (Lipinski definition) is 4. The summed E-state index contributed by atoms with van der Waals surface area (Å²) in [4.78, 5) is 2.15. The van der Waals surface area contributed by atoms with Gasteiger partial charge in [-0.3, -0.25) is 9.21 Å². The summed E-state index contributed by atoms with van der Waals surface area (Å²) in [5, 5.41) is 13.2. The van der Waals surface area contributed by atoms with Gasteiger partial charge in [-0.2, -0.15) is 0 Å². The Morgan fingerprint density at radius 2 is 1.69 bits per heavy atom. The van der Waals surface area contributed by atoms with E-state index in [4.69, 9.17) is 0 Å². The molecule has 2 fully saturated rings. The molecule has 0 unspecified atom stereocenters. The smallest absolute Gasteiger partial charge is 0.244 e. The highest BCUT2D eigenvalue weighted by Gasteiger charge is 2.61. The first-order chi connectivity index (χ1) is 14.0. The number of rotatable bonds is 3. The first-order valence-corrected chi connectivity index (χ1v) is 11.4. The van der Waals surface area contributed by atoms with Crippen molar-refractivity contribution in [3.63, 3.8) is 0 Å². The Kier molecular flexibility index (Phi) is 4.38. The molecule has 6 heteroatoms. The van der Waals surface area contributed by atoms with Crippen molar-refractivity contribution in [2.24, 2.45) is 0 Å². The van der Waals surface area contributed by atoms with Gasteiger partial charge in [0.05, 0.1) is 18.3 Å². The van der Waals surface area contributed by atoms with Gasteiger partial charge < -0.3 is 5.11 Å². The maximum absolute atomic E-state index is 13.4. The summed E-state index contributed by atoms with van der Waals surface area (Å²) in [5.74, 6) is 0. The number of β-amino-alcohol motifs (C(OH)–C–C–N with tert-alkyl or cyclic N) is 1. The van der Waals surface area contributed by atoms with E-state index in [0.717, 1.165) is 5.56 Å². The fourth-order valence-corrected chi connectivity index (χ4v) is 7.04. The second-order valence-electron chi connectivity index (χ2n) is 8.09. The van der Waals surface area contributed by atoms with Gasteiger partial charge in [-0.25, -0.2) is 8.42 Å². The van der Waals surface area contributed by atoms with E-state index < -0.39 is 20.9 Å². The molecule has 0 bridgehead atoms. The number of nitrogens with zero attached hydrogens (tertiary/aromatic N) is 2. The van der Waals surface area contributed by atoms with Gasteiger partial charge in [-0.1, -0.05) is 54.6 Å². The van der Waals surface area contributed by atoms with Crippen LogP contribution in [0.25, 0.3) is 10.8 Å². The minimum absolute atomic E-state index is 0.121. The number of aliphatic hydroxyl groups is 1. The highest BCUT2D eigenvalue weighted by molar-refractivity contribution is 7.94. The lowest BCUT2D eigenvalue weighted by Gasteiger charge is -2.27. The Hall–Kier alpha value is -2.41. The van der Waals surface area contributed by atoms with Crippen LogP contribution in [-0.2, 0) is 16.6 Å². The first kappa shape index (κ1) is 18.6. The second-order valence-corrected chi connectivity index (χ2v) is 10.3. The van der Waals surface area contributed by atoms with Crippen molar-refractivity contribution in [3.05, 3.63) is 78.4 Å². The second kappa shape index (κ2) is 6.83. The van der Waals surface area contributed by atoms with E-state index in [-0.39, 0.29) is 6.54 Å². The molecular weight excluding hydrogens is 384 g/mol. The third kappa shape index (κ3) is 2.94. The van der Waals surface area contributed by atoms with Gasteiger partial charge in [0.2, 0.25) is 10.0 Å². The summed E-state index contributed by atoms with van der Waals surface area (Å²) in [6.45, 7) is 1.81. The van der Waals surface area contributed by atoms with Crippen LogP contribution in [0.5, 0.6) is 0 Å². The number of aliphatic hydroxyl groups excluding tert-OH is 1. The molecule has 29 heavy (non-hydrogen) atoms. The van der Waals surface area contributed by atoms with Gasteiger partial charge in [0.1, 0.15) is 4.75 Å². The van der Waals surface area contributed by atoms with Crippen LogP contribution in [0.2, 0.25) is 0 Å². The zero-order valence-electron chi connectivity index (χ0n) is 16.1. The quantitative estimate of drug-likeness (QED) is 0.724. The molecule has 3 aromatic carbocycles. The van der Waals surface area contributed by atoms with Gasteiger partial charge in [-0.15, -0.1) is 0 Å². The summed E-state index contributed by atoms with van der Waals surface area (Å²) in [5.41, 5.74) is 1.78. The van der Waals surface area contributed by atoms with Crippen molar-refractivity contribution < 1.29 is 13.5 Å². The number of sulfonamides is 1. The molecule has 2 saturated heterocycles. The van der Waals surface area contributed by atoms with Gasteiger partial charge in [0.15, 0.2) is 0 Å². The summed E-state index contributed by atoms with van der Waals surface area (Å²) in [6.07, 6.45) is -0.442. The number of para-hydroxylation sites is 1. The van der Waals surface area contributed by atoms with Crippen molar-refractivity contribution in [2.45, 2.75) is 23.8 Å². The van der Waals surface area contributed by atoms with E-state index >= 15 is 0 Å². The largest absolute Gasteiger partial charge is 0.389 e. The van der Waals surface area contributed by atoms with Crippen LogP contribution < -0.4 is 4.31 Å². The van der Waals surface area contributed by atoms with Crippen LogP contribution in [0.3, 0.4) is 0 Å². The summed E-state index contributed by atoms with van der Waals surface area (Å²) in [6, 6.07) is 23.7. The van der Waals surface area contributed by atoms with Crippen molar-refractivity contribution in [1.29, 1.82) is 0 Å². The lowest BCUT2D eigenvalue weighted by molar-refractivity contribution is 0.143. The normalized spacial score (nSPS) is 26.5. The average molecular weight is 409 g/mol. The molecule has 0 amide bonds. The molecule has 2 aliphatic heterocycles. The standard InChI is InChI=1S/C23H24N2O3S/c26-22-16-25(21-8-2-1-3-9-21)29(27,28)23(22)12-13-24(17-23)15-18-10-11-19-6-4-5-7-20(19)14-18/h1-11,14,22,26H,12-13,15-17H2/t22-,23+/m0/s1. The van der Waals surface area contributed by atoms with Crippen LogP contribution in [0.1, 0.15) is 12.0 Å². The maximum atomic E-state index is 13.4. The molecule has 2 heterocycles. The summed E-state index contributed by atoms with van der Waals surface area (Å²) in [7, 11) is -3.65. The lowest BCUT2D eigenvalue weighted by atomic mass is 10.0. The van der Waals surface area contributed by atoms with Gasteiger partial charge in [0, 0.05) is 19.6 Å². The zero-order chi connectivity index (χ0) is 20.1. The van der Waals surface area contributed by atoms with Gasteiger partial charge in [-0.05, 0) is 41.0 Å². The Labute approximate surface area is 171 Å². The molecule has 1 spiro atoms. The average Bonchev–Trinajstić information content (AvgIpc) is 3.25. The van der Waals surface area contributed by atoms with Crippen molar-refractivity contribution in [3.8, 4) is 0 Å².